The maximum absolute atomic E-state index is 11.9. The molecule has 0 aliphatic heterocycles. The van der Waals surface area contributed by atoms with E-state index >= 15 is 0 Å². The first-order valence-corrected chi connectivity index (χ1v) is 9.57. The molecule has 1 N–H and O–H groups in total. The number of ether oxygens (including phenoxy) is 2. The third-order valence-electron chi connectivity index (χ3n) is 4.14. The number of amides is 1. The van der Waals surface area contributed by atoms with Crippen molar-refractivity contribution in [3.63, 3.8) is 0 Å². The highest BCUT2D eigenvalue weighted by Crippen LogP contribution is 2.22. The predicted octanol–water partition coefficient (Wildman–Crippen LogP) is 4.63. The van der Waals surface area contributed by atoms with Crippen molar-refractivity contribution in [3.8, 4) is 5.75 Å². The van der Waals surface area contributed by atoms with Crippen molar-refractivity contribution in [2.75, 3.05) is 25.7 Å². The van der Waals surface area contributed by atoms with Gasteiger partial charge in [-0.2, -0.15) is 0 Å². The van der Waals surface area contributed by atoms with Crippen LogP contribution in [0.25, 0.3) is 0 Å². The van der Waals surface area contributed by atoms with Crippen molar-refractivity contribution in [2.24, 2.45) is 4.99 Å². The number of carbonyl (C=O) groups excluding carboxylic acids is 1. The highest BCUT2D eigenvalue weighted by molar-refractivity contribution is 6.30. The van der Waals surface area contributed by atoms with Crippen LogP contribution in [0.2, 0.25) is 5.02 Å². The summed E-state index contributed by atoms with van der Waals surface area (Å²) in [6, 6.07) is 13.4. The number of aryl methyl sites for hydroxylation is 1. The van der Waals surface area contributed by atoms with E-state index in [2.05, 4.69) is 17.0 Å². The van der Waals surface area contributed by atoms with E-state index in [9.17, 15) is 4.79 Å². The molecular weight excluding hydrogens is 390 g/mol. The molecular formula is C22H26ClN3O3. The lowest BCUT2D eigenvalue weighted by Crippen LogP contribution is -2.26. The van der Waals surface area contributed by atoms with Crippen LogP contribution in [-0.2, 0) is 16.1 Å². The molecule has 154 valence electrons. The van der Waals surface area contributed by atoms with Crippen LogP contribution in [-0.4, -0.2) is 37.9 Å². The number of nitrogens with zero attached hydrogens (tertiary/aromatic N) is 2. The van der Waals surface area contributed by atoms with Gasteiger partial charge in [0.05, 0.1) is 20.4 Å². The number of aliphatic imine (C=N–C) groups is 1. The van der Waals surface area contributed by atoms with Crippen molar-refractivity contribution < 1.29 is 14.3 Å². The molecule has 0 aromatic heterocycles. The molecule has 0 radical (unpaired) electrons. The molecule has 2 rings (SSSR count). The summed E-state index contributed by atoms with van der Waals surface area (Å²) in [5.41, 5.74) is 3.01. The van der Waals surface area contributed by atoms with Crippen LogP contribution in [0.3, 0.4) is 0 Å². The number of carbonyl (C=O) groups is 1. The molecule has 7 heteroatoms. The van der Waals surface area contributed by atoms with Crippen LogP contribution in [0.4, 0.5) is 5.69 Å². The molecule has 0 fully saturated rings. The minimum atomic E-state index is -0.530. The second-order valence-corrected chi connectivity index (χ2v) is 6.72. The largest absolute Gasteiger partial charge is 0.494 e. The standard InChI is InChI=1S/C22H26ClN3O3/c1-5-29-19-10-9-16(2)20(12-19)25-15-26(14-21(28-4)22(27)24-3)13-17-7-6-8-18(23)11-17/h6-12,14,25H,3,5,13,15H2,1-2,4H3/b21-14+. The Labute approximate surface area is 176 Å². The smallest absolute Gasteiger partial charge is 0.312 e. The normalized spacial score (nSPS) is 11.0. The van der Waals surface area contributed by atoms with Gasteiger partial charge in [0, 0.05) is 29.5 Å². The maximum atomic E-state index is 11.9. The molecule has 0 atom stereocenters. The summed E-state index contributed by atoms with van der Waals surface area (Å²) in [5.74, 6) is 0.364. The number of hydrogen-bond donors (Lipinski definition) is 1. The Balaban J connectivity index is 2.25. The molecule has 1 amide bonds. The van der Waals surface area contributed by atoms with Gasteiger partial charge in [-0.25, -0.2) is 4.99 Å². The summed E-state index contributed by atoms with van der Waals surface area (Å²) < 4.78 is 10.8. The van der Waals surface area contributed by atoms with Gasteiger partial charge < -0.3 is 19.7 Å². The summed E-state index contributed by atoms with van der Waals surface area (Å²) in [7, 11) is 1.43. The van der Waals surface area contributed by atoms with E-state index < -0.39 is 5.91 Å². The minimum Gasteiger partial charge on any atom is -0.494 e. The summed E-state index contributed by atoms with van der Waals surface area (Å²) >= 11 is 6.11. The Kier molecular flexibility index (Phi) is 8.55. The van der Waals surface area contributed by atoms with Crippen LogP contribution in [0.5, 0.6) is 5.75 Å². The number of benzene rings is 2. The van der Waals surface area contributed by atoms with Crippen LogP contribution >= 0.6 is 11.6 Å². The van der Waals surface area contributed by atoms with Crippen LogP contribution in [0.1, 0.15) is 18.1 Å². The van der Waals surface area contributed by atoms with E-state index in [0.29, 0.717) is 24.8 Å². The van der Waals surface area contributed by atoms with Crippen LogP contribution in [0.15, 0.2) is 59.4 Å². The fourth-order valence-electron chi connectivity index (χ4n) is 2.69. The van der Waals surface area contributed by atoms with E-state index in [0.717, 1.165) is 22.6 Å². The topological polar surface area (TPSA) is 63.2 Å². The highest BCUT2D eigenvalue weighted by atomic mass is 35.5. The summed E-state index contributed by atoms with van der Waals surface area (Å²) in [5, 5.41) is 4.04. The first-order valence-electron chi connectivity index (χ1n) is 9.19. The van der Waals surface area contributed by atoms with Gasteiger partial charge in [0.15, 0.2) is 0 Å². The lowest BCUT2D eigenvalue weighted by Gasteiger charge is -2.23. The van der Waals surface area contributed by atoms with Crippen molar-refractivity contribution in [1.82, 2.24) is 4.90 Å². The molecule has 2 aromatic carbocycles. The third-order valence-corrected chi connectivity index (χ3v) is 4.38. The molecule has 0 bridgehead atoms. The Morgan fingerprint density at radius 1 is 1.31 bits per heavy atom. The first kappa shape index (κ1) is 22.3. The van der Waals surface area contributed by atoms with Gasteiger partial charge in [0.25, 0.3) is 0 Å². The van der Waals surface area contributed by atoms with Gasteiger partial charge >= 0.3 is 5.91 Å². The summed E-state index contributed by atoms with van der Waals surface area (Å²) in [6.07, 6.45) is 1.62. The van der Waals surface area contributed by atoms with Gasteiger partial charge in [0.1, 0.15) is 5.75 Å². The lowest BCUT2D eigenvalue weighted by atomic mass is 10.2. The Hall–Kier alpha value is -2.99. The van der Waals surface area contributed by atoms with E-state index in [1.54, 1.807) is 6.20 Å². The predicted molar refractivity (Wildman–Crippen MR) is 117 cm³/mol. The van der Waals surface area contributed by atoms with E-state index in [1.165, 1.54) is 7.11 Å². The van der Waals surface area contributed by atoms with Crippen molar-refractivity contribution in [1.29, 1.82) is 0 Å². The van der Waals surface area contributed by atoms with E-state index in [-0.39, 0.29) is 5.76 Å². The van der Waals surface area contributed by atoms with Gasteiger partial charge in [0.2, 0.25) is 5.76 Å². The first-order chi connectivity index (χ1) is 14.0. The van der Waals surface area contributed by atoms with Crippen LogP contribution in [0, 0.1) is 6.92 Å². The lowest BCUT2D eigenvalue weighted by molar-refractivity contribution is -0.117. The highest BCUT2D eigenvalue weighted by Gasteiger charge is 2.12. The molecule has 29 heavy (non-hydrogen) atoms. The van der Waals surface area contributed by atoms with E-state index in [1.807, 2.05) is 61.2 Å². The zero-order valence-corrected chi connectivity index (χ0v) is 17.7. The summed E-state index contributed by atoms with van der Waals surface area (Å²) in [4.78, 5) is 17.3. The fourth-order valence-corrected chi connectivity index (χ4v) is 2.90. The fraction of sp³-hybridized carbons (Fsp3) is 0.273. The number of hydrogen-bond acceptors (Lipinski definition) is 5. The maximum Gasteiger partial charge on any atom is 0.312 e. The zero-order valence-electron chi connectivity index (χ0n) is 16.9. The molecule has 2 aromatic rings. The third kappa shape index (κ3) is 6.84. The van der Waals surface area contributed by atoms with Gasteiger partial charge in [-0.15, -0.1) is 0 Å². The van der Waals surface area contributed by atoms with Gasteiger partial charge in [-0.05, 0) is 49.9 Å². The van der Waals surface area contributed by atoms with Crippen molar-refractivity contribution in [3.05, 3.63) is 70.6 Å². The molecule has 0 heterocycles. The van der Waals surface area contributed by atoms with Crippen molar-refractivity contribution >= 4 is 29.9 Å². The van der Waals surface area contributed by atoms with Gasteiger partial charge in [-0.1, -0.05) is 29.8 Å². The Bertz CT molecular complexity index is 883. The molecule has 0 saturated carbocycles. The molecule has 0 aliphatic carbocycles. The molecule has 0 unspecified atom stereocenters. The Morgan fingerprint density at radius 2 is 2.10 bits per heavy atom. The number of rotatable bonds is 10. The second kappa shape index (κ2) is 11.1. The SMILES string of the molecule is C=NC(=O)/C(=C\N(CNc1cc(OCC)ccc1C)Cc1cccc(Cl)c1)OC. The minimum absolute atomic E-state index is 0.101. The van der Waals surface area contributed by atoms with E-state index in [4.69, 9.17) is 21.1 Å². The number of methoxy groups -OCH3 is 1. The molecule has 0 aliphatic rings. The average molecular weight is 416 g/mol. The number of halogens is 1. The number of nitrogens with one attached hydrogen (secondary N) is 1. The Morgan fingerprint density at radius 3 is 2.76 bits per heavy atom. The molecule has 6 nitrogen and oxygen atoms in total. The van der Waals surface area contributed by atoms with Crippen molar-refractivity contribution in [2.45, 2.75) is 20.4 Å². The zero-order chi connectivity index (χ0) is 21.2. The molecule has 0 saturated heterocycles. The number of anilines is 1. The summed E-state index contributed by atoms with van der Waals surface area (Å²) in [6.45, 7) is 8.76. The van der Waals surface area contributed by atoms with Gasteiger partial charge in [-0.3, -0.25) is 4.79 Å². The second-order valence-electron chi connectivity index (χ2n) is 6.28. The van der Waals surface area contributed by atoms with Crippen LogP contribution < -0.4 is 10.1 Å². The molecule has 0 spiro atoms. The quantitative estimate of drug-likeness (QED) is 0.265. The monoisotopic (exact) mass is 415 g/mol. The average Bonchev–Trinajstić information content (AvgIpc) is 2.71.